The number of fused-ring (bicyclic) bond motifs is 1. The molecule has 2 aliphatic rings. The number of ether oxygens (including phenoxy) is 1. The van der Waals surface area contributed by atoms with Gasteiger partial charge < -0.3 is 4.74 Å². The van der Waals surface area contributed by atoms with Gasteiger partial charge in [0.05, 0.1) is 12.2 Å². The van der Waals surface area contributed by atoms with Crippen molar-refractivity contribution >= 4 is 0 Å². The van der Waals surface area contributed by atoms with Crippen LogP contribution >= 0.6 is 0 Å². The van der Waals surface area contributed by atoms with Gasteiger partial charge in [-0.3, -0.25) is 0 Å². The van der Waals surface area contributed by atoms with Gasteiger partial charge in [0.15, 0.2) is 0 Å². The zero-order valence-electron chi connectivity index (χ0n) is 13.5. The highest BCUT2D eigenvalue weighted by atomic mass is 16.5. The Labute approximate surface area is 126 Å². The first-order valence-electron chi connectivity index (χ1n) is 9.01. The molecular weight excluding hydrogens is 244 g/mol. The van der Waals surface area contributed by atoms with Gasteiger partial charge in [-0.2, -0.15) is 0 Å². The highest BCUT2D eigenvalue weighted by Gasteiger charge is 2.43. The summed E-state index contributed by atoms with van der Waals surface area (Å²) in [6.45, 7) is 6.35. The second kappa shape index (κ2) is 8.22. The molecule has 0 spiro atoms. The molecule has 0 aromatic rings. The van der Waals surface area contributed by atoms with Crippen molar-refractivity contribution < 1.29 is 4.74 Å². The Bertz CT molecular complexity index is 285. The van der Waals surface area contributed by atoms with E-state index < -0.39 is 0 Å². The summed E-state index contributed by atoms with van der Waals surface area (Å²) < 4.78 is 6.43. The predicted molar refractivity (Wildman–Crippen MR) is 87.0 cm³/mol. The lowest BCUT2D eigenvalue weighted by atomic mass is 9.75. The first-order chi connectivity index (χ1) is 9.74. The van der Waals surface area contributed by atoms with Crippen LogP contribution in [-0.2, 0) is 4.74 Å². The molecule has 1 aliphatic heterocycles. The Morgan fingerprint density at radius 1 is 1.05 bits per heavy atom. The first-order valence-corrected chi connectivity index (χ1v) is 9.01. The SMILES string of the molecule is C=CCCC1CC2(C)CCCCCCCCCCC2O1. The van der Waals surface area contributed by atoms with Crippen molar-refractivity contribution in [3.63, 3.8) is 0 Å². The van der Waals surface area contributed by atoms with Crippen molar-refractivity contribution in [3.8, 4) is 0 Å². The number of hydrogen-bond acceptors (Lipinski definition) is 1. The topological polar surface area (TPSA) is 9.23 Å². The number of hydrogen-bond donors (Lipinski definition) is 0. The third-order valence-electron chi connectivity index (χ3n) is 5.48. The minimum Gasteiger partial charge on any atom is -0.374 e. The standard InChI is InChI=1S/C19H34O/c1-3-4-13-17-16-19(2)15-12-10-8-6-5-7-9-11-14-18(19)20-17/h3,17-18H,1,4-16H2,2H3. The van der Waals surface area contributed by atoms with E-state index in [2.05, 4.69) is 13.5 Å². The molecule has 1 aliphatic carbocycles. The molecule has 0 amide bonds. The Balaban J connectivity index is 1.92. The van der Waals surface area contributed by atoms with E-state index in [4.69, 9.17) is 4.74 Å². The van der Waals surface area contributed by atoms with Crippen molar-refractivity contribution in [1.82, 2.24) is 0 Å². The molecular formula is C19H34O. The molecule has 116 valence electrons. The maximum atomic E-state index is 6.43. The minimum atomic E-state index is 0.449. The third-order valence-corrected chi connectivity index (χ3v) is 5.48. The van der Waals surface area contributed by atoms with Gasteiger partial charge in [-0.1, -0.05) is 64.4 Å². The molecule has 20 heavy (non-hydrogen) atoms. The average Bonchev–Trinajstić information content (AvgIpc) is 2.74. The second-order valence-electron chi connectivity index (χ2n) is 7.34. The molecule has 1 heterocycles. The molecule has 1 nitrogen and oxygen atoms in total. The van der Waals surface area contributed by atoms with Gasteiger partial charge in [0.1, 0.15) is 0 Å². The second-order valence-corrected chi connectivity index (χ2v) is 7.34. The van der Waals surface area contributed by atoms with Crippen LogP contribution in [0.1, 0.15) is 90.4 Å². The molecule has 1 saturated heterocycles. The van der Waals surface area contributed by atoms with Crippen molar-refractivity contribution in [2.24, 2.45) is 5.41 Å². The maximum absolute atomic E-state index is 6.43. The molecule has 3 unspecified atom stereocenters. The van der Waals surface area contributed by atoms with E-state index >= 15 is 0 Å². The monoisotopic (exact) mass is 278 g/mol. The lowest BCUT2D eigenvalue weighted by Gasteiger charge is -2.30. The van der Waals surface area contributed by atoms with Crippen LogP contribution < -0.4 is 0 Å². The zero-order valence-corrected chi connectivity index (χ0v) is 13.5. The largest absolute Gasteiger partial charge is 0.374 e. The summed E-state index contributed by atoms with van der Waals surface area (Å²) in [5.41, 5.74) is 0.449. The van der Waals surface area contributed by atoms with E-state index in [-0.39, 0.29) is 0 Å². The summed E-state index contributed by atoms with van der Waals surface area (Å²) >= 11 is 0. The van der Waals surface area contributed by atoms with Gasteiger partial charge in [-0.25, -0.2) is 0 Å². The minimum absolute atomic E-state index is 0.449. The van der Waals surface area contributed by atoms with E-state index in [0.717, 1.165) is 6.42 Å². The lowest BCUT2D eigenvalue weighted by molar-refractivity contribution is 0.00346. The fourth-order valence-corrected chi connectivity index (χ4v) is 4.17. The Morgan fingerprint density at radius 2 is 1.70 bits per heavy atom. The molecule has 3 atom stereocenters. The maximum Gasteiger partial charge on any atom is 0.0633 e. The smallest absolute Gasteiger partial charge is 0.0633 e. The predicted octanol–water partition coefficient (Wildman–Crippen LogP) is 6.03. The van der Waals surface area contributed by atoms with Crippen LogP contribution in [0.3, 0.4) is 0 Å². The molecule has 1 saturated carbocycles. The fourth-order valence-electron chi connectivity index (χ4n) is 4.17. The molecule has 0 bridgehead atoms. The Morgan fingerprint density at radius 3 is 2.40 bits per heavy atom. The van der Waals surface area contributed by atoms with Crippen molar-refractivity contribution in [2.75, 3.05) is 0 Å². The highest BCUT2D eigenvalue weighted by Crippen LogP contribution is 2.46. The molecule has 0 aromatic heterocycles. The van der Waals surface area contributed by atoms with E-state index in [9.17, 15) is 0 Å². The molecule has 0 radical (unpaired) electrons. The molecule has 2 rings (SSSR count). The van der Waals surface area contributed by atoms with Gasteiger partial charge in [0.25, 0.3) is 0 Å². The molecule has 0 aromatic carbocycles. The van der Waals surface area contributed by atoms with Crippen LogP contribution in [0.5, 0.6) is 0 Å². The van der Waals surface area contributed by atoms with Crippen molar-refractivity contribution in [2.45, 2.75) is 103 Å². The van der Waals surface area contributed by atoms with Crippen molar-refractivity contribution in [3.05, 3.63) is 12.7 Å². The molecule has 0 N–H and O–H groups in total. The van der Waals surface area contributed by atoms with Gasteiger partial charge in [-0.15, -0.1) is 6.58 Å². The normalized spacial score (nSPS) is 36.6. The first kappa shape index (κ1) is 16.1. The summed E-state index contributed by atoms with van der Waals surface area (Å²) in [5, 5.41) is 0. The summed E-state index contributed by atoms with van der Waals surface area (Å²) in [6.07, 6.45) is 20.7. The van der Waals surface area contributed by atoms with Gasteiger partial charge in [0.2, 0.25) is 0 Å². The molecule has 2 fully saturated rings. The zero-order chi connectivity index (χ0) is 14.3. The van der Waals surface area contributed by atoms with Crippen LogP contribution in [0.15, 0.2) is 12.7 Å². The van der Waals surface area contributed by atoms with Crippen LogP contribution in [0.2, 0.25) is 0 Å². The fraction of sp³-hybridized carbons (Fsp3) is 0.895. The quantitative estimate of drug-likeness (QED) is 0.573. The lowest BCUT2D eigenvalue weighted by Crippen LogP contribution is -2.27. The van der Waals surface area contributed by atoms with E-state index in [0.29, 0.717) is 17.6 Å². The van der Waals surface area contributed by atoms with Gasteiger partial charge in [0, 0.05) is 0 Å². The van der Waals surface area contributed by atoms with Gasteiger partial charge >= 0.3 is 0 Å². The van der Waals surface area contributed by atoms with Crippen LogP contribution in [-0.4, -0.2) is 12.2 Å². The summed E-state index contributed by atoms with van der Waals surface area (Å²) in [5.74, 6) is 0. The number of allylic oxidation sites excluding steroid dienone is 1. The van der Waals surface area contributed by atoms with Crippen LogP contribution in [0.25, 0.3) is 0 Å². The third kappa shape index (κ3) is 4.62. The summed E-state index contributed by atoms with van der Waals surface area (Å²) in [4.78, 5) is 0. The van der Waals surface area contributed by atoms with Crippen molar-refractivity contribution in [1.29, 1.82) is 0 Å². The van der Waals surface area contributed by atoms with E-state index in [1.165, 1.54) is 77.0 Å². The van der Waals surface area contributed by atoms with Crippen LogP contribution in [0, 0.1) is 5.41 Å². The van der Waals surface area contributed by atoms with Crippen LogP contribution in [0.4, 0.5) is 0 Å². The summed E-state index contributed by atoms with van der Waals surface area (Å²) in [7, 11) is 0. The Kier molecular flexibility index (Phi) is 6.61. The average molecular weight is 278 g/mol. The van der Waals surface area contributed by atoms with Gasteiger partial charge in [-0.05, 0) is 37.5 Å². The van der Waals surface area contributed by atoms with E-state index in [1.807, 2.05) is 6.08 Å². The number of rotatable bonds is 3. The highest BCUT2D eigenvalue weighted by molar-refractivity contribution is 4.93. The Hall–Kier alpha value is -0.300. The summed E-state index contributed by atoms with van der Waals surface area (Å²) in [6, 6.07) is 0. The van der Waals surface area contributed by atoms with E-state index in [1.54, 1.807) is 0 Å². The molecule has 1 heteroatoms.